The quantitative estimate of drug-likeness (QED) is 0.262. The van der Waals surface area contributed by atoms with E-state index >= 15 is 0 Å². The highest BCUT2D eigenvalue weighted by molar-refractivity contribution is 6.95. The third-order valence-corrected chi connectivity index (χ3v) is 25.6. The van der Waals surface area contributed by atoms with E-state index in [-0.39, 0.29) is 24.2 Å². The van der Waals surface area contributed by atoms with Gasteiger partial charge in [-0.15, -0.1) is 0 Å². The molecule has 1 aliphatic heterocycles. The zero-order chi connectivity index (χ0) is 21.3. The second kappa shape index (κ2) is 11.7. The normalized spacial score (nSPS) is 36.9. The molecule has 0 saturated carbocycles. The number of hydrogen-bond donors (Lipinski definition) is 0. The first kappa shape index (κ1) is 26.5. The summed E-state index contributed by atoms with van der Waals surface area (Å²) < 4.78 is 80.2. The molecule has 0 unspecified atom stereocenters. The Labute approximate surface area is 171 Å². The van der Waals surface area contributed by atoms with Crippen LogP contribution in [0.1, 0.15) is 27.7 Å². The van der Waals surface area contributed by atoms with Gasteiger partial charge < -0.3 is 16.5 Å². The Balaban J connectivity index is 3.56. The molecule has 1 heterocycles. The second-order valence-electron chi connectivity index (χ2n) is 7.22. The number of rotatable bonds is 12. The fraction of sp³-hybridized carbons (Fsp3) is 1.00. The summed E-state index contributed by atoms with van der Waals surface area (Å²) in [4.78, 5) is 0. The summed E-state index contributed by atoms with van der Waals surface area (Å²) in [5.74, 6) is 0. The lowest BCUT2D eigenvalue weighted by molar-refractivity contribution is 0.202. The molecule has 1 saturated heterocycles. The van der Waals surface area contributed by atoms with Crippen LogP contribution in [0.5, 0.6) is 0 Å². The third kappa shape index (κ3) is 6.22. The van der Waals surface area contributed by atoms with Crippen molar-refractivity contribution >= 4 is 34.2 Å². The van der Waals surface area contributed by atoms with Crippen LogP contribution >= 0.6 is 0 Å². The minimum Gasteiger partial charge on any atom is -0.415 e. The van der Waals surface area contributed by atoms with Crippen LogP contribution in [0.4, 0.5) is 17.6 Å². The lowest BCUT2D eigenvalue weighted by atomic mass is 10.9. The summed E-state index contributed by atoms with van der Waals surface area (Å²) in [5, 5.41) is 0. The highest BCUT2D eigenvalue weighted by atomic mass is 28.5. The summed E-state index contributed by atoms with van der Waals surface area (Å²) in [7, 11) is -12.5. The van der Waals surface area contributed by atoms with Gasteiger partial charge >= 0.3 is 34.2 Å². The van der Waals surface area contributed by atoms with Crippen molar-refractivity contribution < 1.29 is 34.0 Å². The maximum Gasteiger partial charge on any atom is 0.322 e. The van der Waals surface area contributed by atoms with Gasteiger partial charge in [-0.3, -0.25) is 17.6 Å². The Morgan fingerprint density at radius 1 is 0.429 bits per heavy atom. The van der Waals surface area contributed by atoms with Crippen LogP contribution in [-0.4, -0.2) is 60.9 Å². The van der Waals surface area contributed by atoms with Gasteiger partial charge in [0.2, 0.25) is 0 Å². The Morgan fingerprint density at radius 2 is 0.607 bits per heavy atom. The number of hydrogen-bond acceptors (Lipinski definition) is 4. The van der Waals surface area contributed by atoms with Gasteiger partial charge in [-0.2, -0.15) is 0 Å². The van der Waals surface area contributed by atoms with Gasteiger partial charge in [-0.25, -0.2) is 0 Å². The molecule has 28 heavy (non-hydrogen) atoms. The van der Waals surface area contributed by atoms with Crippen molar-refractivity contribution in [2.45, 2.75) is 76.0 Å². The van der Waals surface area contributed by atoms with E-state index < -0.39 is 60.9 Å². The van der Waals surface area contributed by atoms with E-state index in [0.29, 0.717) is 24.2 Å². The topological polar surface area (TPSA) is 36.9 Å². The molecule has 4 nitrogen and oxygen atoms in total. The zero-order valence-corrected chi connectivity index (χ0v) is 21.6. The largest absolute Gasteiger partial charge is 0.415 e. The van der Waals surface area contributed by atoms with E-state index in [4.69, 9.17) is 16.5 Å². The Kier molecular flexibility index (Phi) is 11.1. The molecule has 0 spiro atoms. The highest BCUT2D eigenvalue weighted by Crippen LogP contribution is 2.42. The van der Waals surface area contributed by atoms with Crippen LogP contribution in [0.2, 0.25) is 48.4 Å². The SMILES string of the molecule is CC[Si]1(CCF)O[Si](CC)(CCF)O[Si](CC)(CCF)O[Si](CC)(CCF)O1. The maximum atomic E-state index is 13.5. The first-order valence-corrected chi connectivity index (χ1v) is 19.3. The standard InChI is InChI=1S/C16H36F4O4Si4/c1-5-25(13-9-17)21-26(6-2,14-10-18)23-28(8-4,16-12-20)24-27(7-3,22-25)15-11-19/h5-16H2,1-4H3. The van der Waals surface area contributed by atoms with Crippen molar-refractivity contribution in [1.82, 2.24) is 0 Å². The molecule has 0 bridgehead atoms. The molecule has 0 aliphatic carbocycles. The molecule has 0 aromatic heterocycles. The smallest absolute Gasteiger partial charge is 0.322 e. The predicted molar refractivity (Wildman–Crippen MR) is 112 cm³/mol. The highest BCUT2D eigenvalue weighted by Gasteiger charge is 2.60. The first-order valence-electron chi connectivity index (χ1n) is 10.4. The fourth-order valence-electron chi connectivity index (χ4n) is 3.71. The summed E-state index contributed by atoms with van der Waals surface area (Å²) in [6.45, 7) is 4.94. The predicted octanol–water partition coefficient (Wildman–Crippen LogP) is 5.79. The minimum atomic E-state index is -3.13. The van der Waals surface area contributed by atoms with E-state index in [0.717, 1.165) is 0 Å². The van der Waals surface area contributed by atoms with E-state index in [2.05, 4.69) is 0 Å². The molecular formula is C16H36F4O4Si4. The van der Waals surface area contributed by atoms with Gasteiger partial charge in [0.1, 0.15) is 0 Å². The van der Waals surface area contributed by atoms with Crippen LogP contribution in [0, 0.1) is 0 Å². The Morgan fingerprint density at radius 3 is 0.714 bits per heavy atom. The molecule has 0 amide bonds. The average molecular weight is 481 g/mol. The monoisotopic (exact) mass is 480 g/mol. The van der Waals surface area contributed by atoms with Gasteiger partial charge in [-0.05, 0) is 24.2 Å². The van der Waals surface area contributed by atoms with Crippen molar-refractivity contribution in [3.05, 3.63) is 0 Å². The molecule has 0 aromatic carbocycles. The van der Waals surface area contributed by atoms with Crippen molar-refractivity contribution in [2.75, 3.05) is 26.7 Å². The van der Waals surface area contributed by atoms with Gasteiger partial charge in [0.05, 0.1) is 26.7 Å². The van der Waals surface area contributed by atoms with Gasteiger partial charge in [0.15, 0.2) is 0 Å². The molecule has 1 aliphatic rings. The van der Waals surface area contributed by atoms with Crippen LogP contribution in [0.3, 0.4) is 0 Å². The molecule has 12 heteroatoms. The molecule has 1 fully saturated rings. The minimum absolute atomic E-state index is 0.0854. The van der Waals surface area contributed by atoms with Crippen LogP contribution in [0.25, 0.3) is 0 Å². The van der Waals surface area contributed by atoms with E-state index in [9.17, 15) is 17.6 Å². The summed E-state index contributed by atoms with van der Waals surface area (Å²) in [6.07, 6.45) is 0. The van der Waals surface area contributed by atoms with E-state index in [1.165, 1.54) is 0 Å². The van der Waals surface area contributed by atoms with Gasteiger partial charge in [-0.1, -0.05) is 27.7 Å². The molecule has 0 N–H and O–H groups in total. The van der Waals surface area contributed by atoms with Crippen LogP contribution < -0.4 is 0 Å². The second-order valence-corrected chi connectivity index (χ2v) is 22.6. The van der Waals surface area contributed by atoms with Crippen LogP contribution in [0.15, 0.2) is 0 Å². The Hall–Kier alpha value is 0.428. The number of alkyl halides is 4. The summed E-state index contributed by atoms with van der Waals surface area (Å²) >= 11 is 0. The van der Waals surface area contributed by atoms with Gasteiger partial charge in [0, 0.05) is 24.2 Å². The van der Waals surface area contributed by atoms with Gasteiger partial charge in [0.25, 0.3) is 0 Å². The molecule has 0 atom stereocenters. The lowest BCUT2D eigenvalue weighted by Gasteiger charge is -2.52. The third-order valence-electron chi connectivity index (χ3n) is 5.54. The Bertz CT molecular complexity index is 376. The molecule has 0 radical (unpaired) electrons. The fourth-order valence-corrected chi connectivity index (χ4v) is 27.2. The lowest BCUT2D eigenvalue weighted by Crippen LogP contribution is -2.70. The van der Waals surface area contributed by atoms with Crippen LogP contribution in [-0.2, 0) is 16.5 Å². The van der Waals surface area contributed by atoms with E-state index in [1.807, 2.05) is 27.7 Å². The summed E-state index contributed by atoms with van der Waals surface area (Å²) in [6, 6.07) is 2.16. The van der Waals surface area contributed by atoms with Crippen molar-refractivity contribution in [3.8, 4) is 0 Å². The maximum absolute atomic E-state index is 13.5. The summed E-state index contributed by atoms with van der Waals surface area (Å²) in [5.41, 5.74) is 0. The molecule has 168 valence electrons. The zero-order valence-electron chi connectivity index (χ0n) is 17.6. The number of halogens is 4. The van der Waals surface area contributed by atoms with Crippen molar-refractivity contribution in [1.29, 1.82) is 0 Å². The van der Waals surface area contributed by atoms with Crippen molar-refractivity contribution in [3.63, 3.8) is 0 Å². The molecule has 1 rings (SSSR count). The average Bonchev–Trinajstić information content (AvgIpc) is 2.67. The molecule has 0 aromatic rings. The first-order chi connectivity index (χ1) is 13.3. The molecular weight excluding hydrogens is 445 g/mol. The van der Waals surface area contributed by atoms with E-state index in [1.54, 1.807) is 0 Å². The van der Waals surface area contributed by atoms with Crippen molar-refractivity contribution in [2.24, 2.45) is 0 Å².